The molecule has 3 N–H and O–H groups in total. The van der Waals surface area contributed by atoms with Crippen molar-refractivity contribution in [3.8, 4) is 11.1 Å². The number of nitrogens with zero attached hydrogens (tertiary/aromatic N) is 6. The fourth-order valence-corrected chi connectivity index (χ4v) is 13.0. The Morgan fingerprint density at radius 1 is 0.845 bits per heavy atom. The molecule has 0 radical (unpaired) electrons. The number of nitrogens with one attached hydrogen (secondary N) is 3. The van der Waals surface area contributed by atoms with Crippen LogP contribution in [-0.4, -0.2) is 127 Å². The van der Waals surface area contributed by atoms with Gasteiger partial charge in [-0.2, -0.15) is 12.7 Å². The lowest BCUT2D eigenvalue weighted by Crippen LogP contribution is -2.52. The number of hydrogen-bond donors (Lipinski definition) is 3. The lowest BCUT2D eigenvalue weighted by atomic mass is 9.77. The molecule has 5 saturated heterocycles. The number of rotatable bonds is 11. The van der Waals surface area contributed by atoms with Crippen molar-refractivity contribution in [3.63, 3.8) is 0 Å². The van der Waals surface area contributed by atoms with Crippen LogP contribution in [0.5, 0.6) is 0 Å². The molecular weight excluding hydrogens is 943 g/mol. The minimum atomic E-state index is -4.39. The largest absolute Gasteiger partial charge is 0.372 e. The zero-order valence-corrected chi connectivity index (χ0v) is 39.7. The van der Waals surface area contributed by atoms with Crippen molar-refractivity contribution in [3.05, 3.63) is 107 Å². The number of halogens is 4. The van der Waals surface area contributed by atoms with E-state index in [1.165, 1.54) is 18.5 Å². The molecule has 3 amide bonds. The second-order valence-corrected chi connectivity index (χ2v) is 21.8. The number of aromatic amines is 1. The van der Waals surface area contributed by atoms with E-state index >= 15 is 13.2 Å². The minimum Gasteiger partial charge on any atom is -0.372 e. The molecule has 6 aliphatic rings. The van der Waals surface area contributed by atoms with Crippen molar-refractivity contribution >= 4 is 61.8 Å². The van der Waals surface area contributed by atoms with Crippen molar-refractivity contribution in [2.45, 2.75) is 70.1 Å². The van der Waals surface area contributed by atoms with E-state index in [4.69, 9.17) is 0 Å². The summed E-state index contributed by atoms with van der Waals surface area (Å²) in [5.41, 5.74) is 2.71. The van der Waals surface area contributed by atoms with Crippen LogP contribution in [0.2, 0.25) is 0 Å². The molecule has 5 aromatic rings. The van der Waals surface area contributed by atoms with Crippen LogP contribution in [-0.2, 0) is 26.3 Å². The molecule has 3 aromatic carbocycles. The summed E-state index contributed by atoms with van der Waals surface area (Å²) in [6.45, 7) is 6.21. The van der Waals surface area contributed by atoms with E-state index in [0.29, 0.717) is 54.4 Å². The normalized spacial score (nSPS) is 22.3. The van der Waals surface area contributed by atoms with Crippen molar-refractivity contribution < 1.29 is 45.2 Å². The smallest absolute Gasteiger partial charge is 0.301 e. The van der Waals surface area contributed by atoms with E-state index in [2.05, 4.69) is 36.1 Å². The number of piperidine rings is 3. The molecule has 0 aliphatic carbocycles. The Kier molecular flexibility index (Phi) is 12.1. The van der Waals surface area contributed by atoms with E-state index in [1.807, 2.05) is 16.9 Å². The molecule has 2 aromatic heterocycles. The van der Waals surface area contributed by atoms with Gasteiger partial charge in [0, 0.05) is 105 Å². The Morgan fingerprint density at radius 3 is 2.38 bits per heavy atom. The van der Waals surface area contributed by atoms with Gasteiger partial charge in [-0.1, -0.05) is 6.07 Å². The van der Waals surface area contributed by atoms with Crippen molar-refractivity contribution in [2.24, 2.45) is 11.3 Å². The summed E-state index contributed by atoms with van der Waals surface area (Å²) in [6.07, 6.45) is 7.07. The Balaban J connectivity index is 0.687. The molecule has 20 heteroatoms. The number of ketones is 1. The molecule has 15 nitrogen and oxygen atoms in total. The van der Waals surface area contributed by atoms with Crippen molar-refractivity contribution in [2.75, 3.05) is 73.4 Å². The van der Waals surface area contributed by atoms with Gasteiger partial charge >= 0.3 is 10.2 Å². The summed E-state index contributed by atoms with van der Waals surface area (Å²) in [6, 6.07) is 13.5. The van der Waals surface area contributed by atoms with Gasteiger partial charge < -0.3 is 24.6 Å². The zero-order chi connectivity index (χ0) is 49.3. The van der Waals surface area contributed by atoms with Gasteiger partial charge in [0.05, 0.1) is 16.9 Å². The van der Waals surface area contributed by atoms with Gasteiger partial charge in [0.15, 0.2) is 5.82 Å². The maximum Gasteiger partial charge on any atom is 0.301 e. The first-order chi connectivity index (χ1) is 34.1. The molecule has 372 valence electrons. The third-order valence-corrected chi connectivity index (χ3v) is 17.2. The molecule has 1 spiro atoms. The van der Waals surface area contributed by atoms with Crippen LogP contribution < -0.4 is 19.8 Å². The van der Waals surface area contributed by atoms with Crippen LogP contribution in [0.1, 0.15) is 83.2 Å². The standard InChI is InChI=1S/C51H53F4N9O6S/c52-34-11-17-63(28-34)71(69,70)59-41-5-4-39(53)45(46(41)55)47(66)38-25-57-48-37(38)22-32(24-56-48)31-1-6-42(40(54)23-31)62-19-13-51(14-20-62)12-18-60(29-51)26-30-9-15-61(16-10-30)35-2-3-36-33(21-35)27-64(50(36)68)43-7-8-44(65)58-49(43)67/h1-6,21-25,30,34,43,59H,7-20,26-29H2,(H,56,57)(H,58,65,67)/t34-,43?/m1/s1. The topological polar surface area (TPSA) is 171 Å². The van der Waals surface area contributed by atoms with Gasteiger partial charge in [-0.05, 0) is 122 Å². The highest BCUT2D eigenvalue weighted by molar-refractivity contribution is 7.90. The third kappa shape index (κ3) is 8.91. The predicted molar refractivity (Wildman–Crippen MR) is 257 cm³/mol. The number of aromatic nitrogens is 2. The highest BCUT2D eigenvalue weighted by atomic mass is 32.2. The number of imide groups is 1. The van der Waals surface area contributed by atoms with Crippen LogP contribution >= 0.6 is 0 Å². The maximum absolute atomic E-state index is 16.0. The molecule has 5 fully saturated rings. The first kappa shape index (κ1) is 47.0. The van der Waals surface area contributed by atoms with Gasteiger partial charge in [0.1, 0.15) is 29.5 Å². The number of carbonyl (C=O) groups excluding carboxylic acids is 4. The molecule has 2 atom stereocenters. The Hall–Kier alpha value is -6.38. The second-order valence-electron chi connectivity index (χ2n) is 20.1. The first-order valence-corrected chi connectivity index (χ1v) is 25.8. The Morgan fingerprint density at radius 2 is 1.63 bits per heavy atom. The zero-order valence-electron chi connectivity index (χ0n) is 38.9. The molecule has 8 heterocycles. The molecular formula is C51H53F4N9O6S. The number of amides is 3. The van der Waals surface area contributed by atoms with E-state index in [0.717, 1.165) is 92.5 Å². The Labute approximate surface area is 407 Å². The van der Waals surface area contributed by atoms with Crippen LogP contribution in [0.15, 0.2) is 67.0 Å². The maximum atomic E-state index is 16.0. The van der Waals surface area contributed by atoms with Crippen LogP contribution in [0, 0.1) is 28.8 Å². The highest BCUT2D eigenvalue weighted by Gasteiger charge is 2.43. The Bertz CT molecular complexity index is 3100. The average Bonchev–Trinajstić information content (AvgIpc) is 4.16. The lowest BCUT2D eigenvalue weighted by Gasteiger charge is -2.41. The quantitative estimate of drug-likeness (QED) is 0.0750. The summed E-state index contributed by atoms with van der Waals surface area (Å²) < 4.78 is 89.3. The summed E-state index contributed by atoms with van der Waals surface area (Å²) in [7, 11) is -4.39. The monoisotopic (exact) mass is 995 g/mol. The van der Waals surface area contributed by atoms with Gasteiger partial charge in [0.2, 0.25) is 17.6 Å². The summed E-state index contributed by atoms with van der Waals surface area (Å²) in [4.78, 5) is 67.1. The van der Waals surface area contributed by atoms with E-state index in [-0.39, 0.29) is 53.2 Å². The van der Waals surface area contributed by atoms with Crippen LogP contribution in [0.3, 0.4) is 0 Å². The van der Waals surface area contributed by atoms with Gasteiger partial charge in [-0.25, -0.2) is 22.5 Å². The van der Waals surface area contributed by atoms with Gasteiger partial charge in [0.25, 0.3) is 5.91 Å². The average molecular weight is 996 g/mol. The minimum absolute atomic E-state index is 0.0149. The highest BCUT2D eigenvalue weighted by Crippen LogP contribution is 2.43. The number of anilines is 3. The molecule has 1 unspecified atom stereocenters. The van der Waals surface area contributed by atoms with Gasteiger partial charge in [-0.15, -0.1) is 0 Å². The molecule has 71 heavy (non-hydrogen) atoms. The first-order valence-electron chi connectivity index (χ1n) is 24.3. The van der Waals surface area contributed by atoms with Gasteiger partial charge in [-0.3, -0.25) is 29.2 Å². The molecule has 6 aliphatic heterocycles. The molecule has 11 rings (SSSR count). The van der Waals surface area contributed by atoms with Crippen LogP contribution in [0.25, 0.3) is 22.2 Å². The number of likely N-dealkylation sites (tertiary alicyclic amines) is 1. The van der Waals surface area contributed by atoms with E-state index in [9.17, 15) is 32.0 Å². The number of pyridine rings is 1. The number of hydrogen-bond acceptors (Lipinski definition) is 10. The number of fused-ring (bicyclic) bond motifs is 2. The van der Waals surface area contributed by atoms with E-state index in [1.54, 1.807) is 23.1 Å². The summed E-state index contributed by atoms with van der Waals surface area (Å²) >= 11 is 0. The lowest BCUT2D eigenvalue weighted by molar-refractivity contribution is -0.136. The number of benzene rings is 3. The fraction of sp³-hybridized carbons (Fsp3) is 0.431. The number of H-pyrrole nitrogens is 1. The summed E-state index contributed by atoms with van der Waals surface area (Å²) in [5.74, 6) is -4.42. The predicted octanol–water partition coefficient (Wildman–Crippen LogP) is 6.55. The van der Waals surface area contributed by atoms with E-state index < -0.39 is 69.4 Å². The fourth-order valence-electron chi connectivity index (χ4n) is 11.7. The SMILES string of the molecule is O=C1CCC(N2Cc3cc(N4CCC(CN5CCC6(CCN(c7ccc(-c8cnc9[nH]cc(C(=O)c%10c(F)ccc(NS(=O)(=O)N%11CC[C@@H](F)C%11)c%10F)c9c8)cc7F)CC6)C5)CC4)ccc3C2=O)C(=O)N1. The molecule has 0 bridgehead atoms. The second kappa shape index (κ2) is 18.3. The number of alkyl halides is 1. The van der Waals surface area contributed by atoms with Crippen molar-refractivity contribution in [1.29, 1.82) is 0 Å². The molecule has 0 saturated carbocycles. The number of carbonyl (C=O) groups is 4. The third-order valence-electron chi connectivity index (χ3n) is 15.7. The summed E-state index contributed by atoms with van der Waals surface area (Å²) in [5, 5.41) is 2.59. The van der Waals surface area contributed by atoms with Crippen LogP contribution in [0.4, 0.5) is 34.6 Å². The van der Waals surface area contributed by atoms with Crippen molar-refractivity contribution in [1.82, 2.24) is 29.4 Å².